The number of epoxide rings is 1. The molecule has 5 atom stereocenters. The van der Waals surface area contributed by atoms with Gasteiger partial charge in [0.25, 0.3) is 0 Å². The van der Waals surface area contributed by atoms with Crippen molar-refractivity contribution in [2.45, 2.75) is 173 Å². The summed E-state index contributed by atoms with van der Waals surface area (Å²) in [5.74, 6) is -0.865. The molecule has 0 amide bonds. The second-order valence-electron chi connectivity index (χ2n) is 16.6. The third kappa shape index (κ3) is 25.3. The molecule has 12 heteroatoms. The number of esters is 2. The Bertz CT molecular complexity index is 1260. The number of carbonyl (C=O) groups excluding carboxylic acids is 3. The summed E-state index contributed by atoms with van der Waals surface area (Å²) in [7, 11) is 1.36. The van der Waals surface area contributed by atoms with Crippen LogP contribution in [0.5, 0.6) is 0 Å². The van der Waals surface area contributed by atoms with Crippen LogP contribution in [0.1, 0.15) is 155 Å². The van der Waals surface area contributed by atoms with E-state index in [0.717, 1.165) is 37.7 Å². The summed E-state index contributed by atoms with van der Waals surface area (Å²) in [5, 5.41) is 0. The third-order valence-corrected chi connectivity index (χ3v) is 11.2. The van der Waals surface area contributed by atoms with E-state index in [-0.39, 0.29) is 50.0 Å². The zero-order valence-electron chi connectivity index (χ0n) is 35.6. The highest BCUT2D eigenvalue weighted by molar-refractivity contribution is 7.47. The van der Waals surface area contributed by atoms with Gasteiger partial charge in [-0.05, 0) is 50.7 Å². The average Bonchev–Trinajstić information content (AvgIpc) is 3.80. The molecule has 0 aromatic rings. The van der Waals surface area contributed by atoms with Gasteiger partial charge in [0.2, 0.25) is 0 Å². The van der Waals surface area contributed by atoms with E-state index in [9.17, 15) is 23.8 Å². The van der Waals surface area contributed by atoms with Gasteiger partial charge in [0.05, 0.1) is 33.9 Å². The van der Waals surface area contributed by atoms with Crippen molar-refractivity contribution in [1.82, 2.24) is 0 Å². The summed E-state index contributed by atoms with van der Waals surface area (Å²) in [5.41, 5.74) is 0.768. The van der Waals surface area contributed by atoms with Gasteiger partial charge in [0, 0.05) is 24.3 Å². The predicted molar refractivity (Wildman–Crippen MR) is 222 cm³/mol. The Labute approximate surface area is 339 Å². The molecule has 0 spiro atoms. The SMILES string of the molecule is CCCCC/C=C\CC1C=CC(=O)/C1=C/C1OC1CCCC(=O)O[C@H](COC(=O)CCCCCCCCCCCCCCC)COP(=O)(O)OCC[N+](C)(C)C. The summed E-state index contributed by atoms with van der Waals surface area (Å²) in [6, 6.07) is 0. The minimum absolute atomic E-state index is 0.00173. The standard InChI is InChI=1S/C44H76NO10P/c1-6-8-10-12-14-15-16-17-18-19-20-22-24-28-43(47)51-35-38(36-53-56(49,50)52-33-32-45(3,4)5)54-44(48)29-25-27-41-42(55-41)34-39-37(30-31-40(39)46)26-23-21-13-11-9-7-2/h21,23,30-31,34,37-38,41-42H,6-20,22,24-29,32-33,35-36H2,1-5H3/p+1/b23-21-,39-34+/t37?,38-,41?,42?/m1/s1. The first-order valence-corrected chi connectivity index (χ1v) is 23.3. The minimum atomic E-state index is -4.43. The van der Waals surface area contributed by atoms with Crippen molar-refractivity contribution in [3.05, 3.63) is 36.0 Å². The van der Waals surface area contributed by atoms with Gasteiger partial charge in [0.15, 0.2) is 11.9 Å². The molecule has 2 rings (SSSR count). The van der Waals surface area contributed by atoms with E-state index in [0.29, 0.717) is 30.3 Å². The molecular formula is C44H77NO10P+. The molecule has 1 aliphatic heterocycles. The van der Waals surface area contributed by atoms with Gasteiger partial charge >= 0.3 is 19.8 Å². The number of ketones is 1. The van der Waals surface area contributed by atoms with Crippen molar-refractivity contribution >= 4 is 25.5 Å². The molecule has 2 aliphatic rings. The van der Waals surface area contributed by atoms with Gasteiger partial charge in [-0.25, -0.2) is 4.57 Å². The fourth-order valence-electron chi connectivity index (χ4n) is 6.58. The lowest BCUT2D eigenvalue weighted by Crippen LogP contribution is -2.37. The number of carbonyl (C=O) groups is 3. The van der Waals surface area contributed by atoms with Crippen molar-refractivity contribution in [1.29, 1.82) is 0 Å². The number of phosphoric acid groups is 1. The number of hydrogen-bond donors (Lipinski definition) is 1. The topological polar surface area (TPSA) is 138 Å². The molecule has 1 saturated heterocycles. The Kier molecular flexibility index (Phi) is 26.0. The van der Waals surface area contributed by atoms with Crippen LogP contribution in [-0.2, 0) is 42.2 Å². The molecule has 11 nitrogen and oxygen atoms in total. The van der Waals surface area contributed by atoms with Crippen molar-refractivity contribution in [3.63, 3.8) is 0 Å². The number of nitrogens with zero attached hydrogens (tertiary/aromatic N) is 1. The lowest BCUT2D eigenvalue weighted by Gasteiger charge is -2.24. The van der Waals surface area contributed by atoms with E-state index >= 15 is 0 Å². The third-order valence-electron chi connectivity index (χ3n) is 10.2. The monoisotopic (exact) mass is 811 g/mol. The van der Waals surface area contributed by atoms with Crippen molar-refractivity contribution in [2.24, 2.45) is 5.92 Å². The number of allylic oxidation sites excluding steroid dienone is 5. The first-order valence-electron chi connectivity index (χ1n) is 21.9. The zero-order valence-corrected chi connectivity index (χ0v) is 36.5. The van der Waals surface area contributed by atoms with Gasteiger partial charge in [-0.3, -0.25) is 23.4 Å². The second kappa shape index (κ2) is 29.1. The molecule has 1 heterocycles. The van der Waals surface area contributed by atoms with Crippen LogP contribution in [-0.4, -0.2) is 92.9 Å². The van der Waals surface area contributed by atoms with Crippen LogP contribution in [0.25, 0.3) is 0 Å². The average molecular weight is 811 g/mol. The van der Waals surface area contributed by atoms with Crippen molar-refractivity contribution in [2.75, 3.05) is 47.5 Å². The maximum atomic E-state index is 12.8. The number of ether oxygens (including phenoxy) is 3. The Balaban J connectivity index is 1.74. The molecule has 1 fully saturated rings. The Morgan fingerprint density at radius 3 is 2.07 bits per heavy atom. The van der Waals surface area contributed by atoms with Crippen LogP contribution in [0, 0.1) is 5.92 Å². The molecule has 0 aromatic heterocycles. The molecule has 0 radical (unpaired) electrons. The molecule has 0 bridgehead atoms. The van der Waals surface area contributed by atoms with Crippen LogP contribution in [0.2, 0.25) is 0 Å². The molecule has 1 N–H and O–H groups in total. The van der Waals surface area contributed by atoms with E-state index in [4.69, 9.17) is 23.3 Å². The molecule has 0 aromatic carbocycles. The molecular weight excluding hydrogens is 733 g/mol. The molecule has 56 heavy (non-hydrogen) atoms. The first kappa shape index (κ1) is 50.0. The lowest BCUT2D eigenvalue weighted by molar-refractivity contribution is -0.870. The van der Waals surface area contributed by atoms with Crippen LogP contribution in [0.3, 0.4) is 0 Å². The minimum Gasteiger partial charge on any atom is -0.462 e. The van der Waals surface area contributed by atoms with Crippen molar-refractivity contribution in [3.8, 4) is 0 Å². The maximum absolute atomic E-state index is 12.8. The van der Waals surface area contributed by atoms with Gasteiger partial charge in [-0.15, -0.1) is 0 Å². The predicted octanol–water partition coefficient (Wildman–Crippen LogP) is 9.91. The van der Waals surface area contributed by atoms with Gasteiger partial charge < -0.3 is 23.6 Å². The summed E-state index contributed by atoms with van der Waals surface area (Å²) in [4.78, 5) is 48.1. The highest BCUT2D eigenvalue weighted by atomic mass is 31.2. The molecule has 1 aliphatic carbocycles. The Hall–Kier alpha value is -2.14. The number of likely N-dealkylation sites (N-methyl/N-ethyl adjacent to an activating group) is 1. The van der Waals surface area contributed by atoms with E-state index in [1.54, 1.807) is 6.08 Å². The second-order valence-corrected chi connectivity index (χ2v) is 18.0. The van der Waals surface area contributed by atoms with E-state index in [1.165, 1.54) is 77.0 Å². The van der Waals surface area contributed by atoms with Gasteiger partial charge in [-0.1, -0.05) is 122 Å². The number of hydrogen-bond acceptors (Lipinski definition) is 9. The van der Waals surface area contributed by atoms with Gasteiger partial charge in [0.1, 0.15) is 25.9 Å². The van der Waals surface area contributed by atoms with Crippen molar-refractivity contribution < 1.29 is 51.6 Å². The van der Waals surface area contributed by atoms with E-state index in [2.05, 4.69) is 26.0 Å². The van der Waals surface area contributed by atoms with E-state index in [1.807, 2.05) is 33.3 Å². The molecule has 322 valence electrons. The van der Waals surface area contributed by atoms with Gasteiger partial charge in [-0.2, -0.15) is 0 Å². The van der Waals surface area contributed by atoms with Crippen LogP contribution in [0.15, 0.2) is 36.0 Å². The highest BCUT2D eigenvalue weighted by Gasteiger charge is 2.38. The van der Waals surface area contributed by atoms with Crippen LogP contribution in [0.4, 0.5) is 0 Å². The fraction of sp³-hybridized carbons (Fsp3) is 0.795. The fourth-order valence-corrected chi connectivity index (χ4v) is 7.32. The summed E-state index contributed by atoms with van der Waals surface area (Å²) in [6.07, 6.45) is 31.1. The number of phosphoric ester groups is 1. The van der Waals surface area contributed by atoms with Crippen LogP contribution < -0.4 is 0 Å². The normalized spacial score (nSPS) is 20.5. The largest absolute Gasteiger partial charge is 0.472 e. The number of rotatable bonds is 35. The quantitative estimate of drug-likeness (QED) is 0.0125. The highest BCUT2D eigenvalue weighted by Crippen LogP contribution is 2.43. The Morgan fingerprint density at radius 1 is 0.821 bits per heavy atom. The first-order chi connectivity index (χ1) is 26.8. The molecule has 4 unspecified atom stereocenters. The molecule has 0 saturated carbocycles. The number of quaternary nitrogens is 1. The summed E-state index contributed by atoms with van der Waals surface area (Å²) >= 11 is 0. The summed E-state index contributed by atoms with van der Waals surface area (Å²) in [6.45, 7) is 4.16. The lowest BCUT2D eigenvalue weighted by atomic mass is 9.96. The number of unbranched alkanes of at least 4 members (excludes halogenated alkanes) is 15. The zero-order chi connectivity index (χ0) is 41.1. The smallest absolute Gasteiger partial charge is 0.462 e. The summed E-state index contributed by atoms with van der Waals surface area (Å²) < 4.78 is 40.1. The Morgan fingerprint density at radius 2 is 1.43 bits per heavy atom. The van der Waals surface area contributed by atoms with Crippen LogP contribution >= 0.6 is 7.82 Å². The maximum Gasteiger partial charge on any atom is 0.472 e. The van der Waals surface area contributed by atoms with E-state index < -0.39 is 32.5 Å².